The lowest BCUT2D eigenvalue weighted by atomic mass is 10.0. The summed E-state index contributed by atoms with van der Waals surface area (Å²) in [4.78, 5) is 14.2. The SMILES string of the molecule is CS(=O)(=O)c1ccc2c(c1)CCN(C(=O)Nc1ccc(C(F)(F)F)c(Cl)c1)C2. The molecular formula is C18H16ClF3N2O3S. The van der Waals surface area contributed by atoms with Crippen LogP contribution in [-0.2, 0) is 29.0 Å². The molecule has 0 aromatic heterocycles. The van der Waals surface area contributed by atoms with Crippen LogP contribution in [0.15, 0.2) is 41.3 Å². The fourth-order valence-corrected chi connectivity index (χ4v) is 3.92. The fraction of sp³-hybridized carbons (Fsp3) is 0.278. The standard InChI is InChI=1S/C18H16ClF3N2O3S/c1-28(26,27)14-4-2-12-10-24(7-6-11(12)8-14)17(25)23-13-3-5-15(16(19)9-13)18(20,21)22/h2-5,8-9H,6-7,10H2,1H3,(H,23,25). The zero-order valence-corrected chi connectivity index (χ0v) is 16.2. The second-order valence-corrected chi connectivity index (χ2v) is 8.92. The van der Waals surface area contributed by atoms with Gasteiger partial charge in [-0.2, -0.15) is 13.2 Å². The van der Waals surface area contributed by atoms with Gasteiger partial charge in [-0.15, -0.1) is 0 Å². The molecule has 0 spiro atoms. The third-order valence-electron chi connectivity index (χ3n) is 4.43. The first-order valence-corrected chi connectivity index (χ1v) is 10.5. The molecule has 150 valence electrons. The van der Waals surface area contributed by atoms with Crippen molar-refractivity contribution in [1.82, 2.24) is 4.90 Å². The van der Waals surface area contributed by atoms with Gasteiger partial charge in [-0.05, 0) is 47.9 Å². The van der Waals surface area contributed by atoms with Crippen molar-refractivity contribution < 1.29 is 26.4 Å². The first-order chi connectivity index (χ1) is 12.9. The van der Waals surface area contributed by atoms with Crippen molar-refractivity contribution >= 4 is 33.2 Å². The summed E-state index contributed by atoms with van der Waals surface area (Å²) in [6.07, 6.45) is -2.96. The highest BCUT2D eigenvalue weighted by Gasteiger charge is 2.33. The van der Waals surface area contributed by atoms with Crippen LogP contribution in [0.25, 0.3) is 0 Å². The van der Waals surface area contributed by atoms with E-state index in [0.717, 1.165) is 35.6 Å². The second kappa shape index (κ2) is 7.29. The van der Waals surface area contributed by atoms with Gasteiger partial charge >= 0.3 is 12.2 Å². The number of sulfone groups is 1. The van der Waals surface area contributed by atoms with Crippen molar-refractivity contribution in [3.63, 3.8) is 0 Å². The van der Waals surface area contributed by atoms with Gasteiger partial charge in [-0.1, -0.05) is 17.7 Å². The molecule has 5 nitrogen and oxygen atoms in total. The van der Waals surface area contributed by atoms with E-state index in [1.807, 2.05) is 0 Å². The van der Waals surface area contributed by atoms with Crippen molar-refractivity contribution in [2.45, 2.75) is 24.0 Å². The van der Waals surface area contributed by atoms with Crippen molar-refractivity contribution in [3.05, 3.63) is 58.1 Å². The Labute approximate surface area is 165 Å². The van der Waals surface area contributed by atoms with E-state index in [-0.39, 0.29) is 17.1 Å². The molecule has 0 atom stereocenters. The van der Waals surface area contributed by atoms with Crippen LogP contribution in [0.2, 0.25) is 5.02 Å². The maximum absolute atomic E-state index is 12.8. The number of hydrogen-bond acceptors (Lipinski definition) is 3. The van der Waals surface area contributed by atoms with E-state index in [0.29, 0.717) is 13.0 Å². The van der Waals surface area contributed by atoms with E-state index < -0.39 is 32.6 Å². The number of fused-ring (bicyclic) bond motifs is 1. The molecule has 1 aliphatic rings. The largest absolute Gasteiger partial charge is 0.417 e. The summed E-state index contributed by atoms with van der Waals surface area (Å²) < 4.78 is 61.6. The number of hydrogen-bond donors (Lipinski definition) is 1. The minimum absolute atomic E-state index is 0.154. The van der Waals surface area contributed by atoms with Crippen LogP contribution < -0.4 is 5.32 Å². The molecule has 2 aromatic carbocycles. The van der Waals surface area contributed by atoms with Gasteiger partial charge in [0.05, 0.1) is 15.5 Å². The number of benzene rings is 2. The number of urea groups is 1. The molecule has 2 amide bonds. The maximum Gasteiger partial charge on any atom is 0.417 e. The van der Waals surface area contributed by atoms with Gasteiger partial charge in [-0.3, -0.25) is 0 Å². The zero-order valence-electron chi connectivity index (χ0n) is 14.7. The highest BCUT2D eigenvalue weighted by Crippen LogP contribution is 2.36. The Morgan fingerprint density at radius 3 is 2.46 bits per heavy atom. The predicted octanol–water partition coefficient (Wildman–Crippen LogP) is 4.35. The number of carbonyl (C=O) groups is 1. The van der Waals surface area contributed by atoms with E-state index in [2.05, 4.69) is 5.32 Å². The van der Waals surface area contributed by atoms with Gasteiger partial charge in [0.25, 0.3) is 0 Å². The average Bonchev–Trinajstić information content (AvgIpc) is 2.59. The van der Waals surface area contributed by atoms with E-state index in [1.165, 1.54) is 11.0 Å². The minimum atomic E-state index is -4.57. The number of carbonyl (C=O) groups excluding carboxylic acids is 1. The summed E-state index contributed by atoms with van der Waals surface area (Å²) in [6, 6.07) is 7.30. The number of nitrogens with zero attached hydrogens (tertiary/aromatic N) is 1. The Kier molecular flexibility index (Phi) is 5.33. The first kappa shape index (κ1) is 20.5. The van der Waals surface area contributed by atoms with Crippen LogP contribution in [0.5, 0.6) is 0 Å². The van der Waals surface area contributed by atoms with Gasteiger partial charge in [0.15, 0.2) is 9.84 Å². The molecule has 1 heterocycles. The molecule has 1 N–H and O–H groups in total. The Morgan fingerprint density at radius 2 is 1.86 bits per heavy atom. The lowest BCUT2D eigenvalue weighted by Crippen LogP contribution is -2.38. The monoisotopic (exact) mass is 432 g/mol. The molecule has 0 unspecified atom stereocenters. The lowest BCUT2D eigenvalue weighted by Gasteiger charge is -2.29. The lowest BCUT2D eigenvalue weighted by molar-refractivity contribution is -0.137. The van der Waals surface area contributed by atoms with Crippen LogP contribution >= 0.6 is 11.6 Å². The zero-order chi connectivity index (χ0) is 20.7. The molecule has 28 heavy (non-hydrogen) atoms. The summed E-state index contributed by atoms with van der Waals surface area (Å²) >= 11 is 5.67. The molecule has 2 aromatic rings. The summed E-state index contributed by atoms with van der Waals surface area (Å²) in [5.41, 5.74) is 0.853. The topological polar surface area (TPSA) is 66.5 Å². The molecule has 0 saturated carbocycles. The summed E-state index contributed by atoms with van der Waals surface area (Å²) in [5, 5.41) is 2.04. The Morgan fingerprint density at radius 1 is 1.14 bits per heavy atom. The van der Waals surface area contributed by atoms with Crippen molar-refractivity contribution in [3.8, 4) is 0 Å². The van der Waals surface area contributed by atoms with E-state index in [9.17, 15) is 26.4 Å². The summed E-state index contributed by atoms with van der Waals surface area (Å²) in [7, 11) is -3.31. The highest BCUT2D eigenvalue weighted by molar-refractivity contribution is 7.90. The van der Waals surface area contributed by atoms with E-state index >= 15 is 0 Å². The summed E-state index contributed by atoms with van der Waals surface area (Å²) in [6.45, 7) is 0.611. The molecular weight excluding hydrogens is 417 g/mol. The highest BCUT2D eigenvalue weighted by atomic mass is 35.5. The fourth-order valence-electron chi connectivity index (χ4n) is 2.96. The molecule has 0 radical (unpaired) electrons. The van der Waals surface area contributed by atoms with Gasteiger partial charge in [0.2, 0.25) is 0 Å². The number of halogens is 4. The van der Waals surface area contributed by atoms with Crippen LogP contribution in [0.1, 0.15) is 16.7 Å². The van der Waals surface area contributed by atoms with Crippen LogP contribution in [0.3, 0.4) is 0 Å². The van der Waals surface area contributed by atoms with Crippen molar-refractivity contribution in [2.75, 3.05) is 18.1 Å². The normalized spacial score (nSPS) is 14.5. The van der Waals surface area contributed by atoms with Gasteiger partial charge in [0, 0.05) is 25.0 Å². The number of anilines is 1. The van der Waals surface area contributed by atoms with Crippen LogP contribution in [0, 0.1) is 0 Å². The second-order valence-electron chi connectivity index (χ2n) is 6.50. The number of rotatable bonds is 2. The minimum Gasteiger partial charge on any atom is -0.320 e. The number of nitrogens with one attached hydrogen (secondary N) is 1. The molecule has 0 saturated heterocycles. The third kappa shape index (κ3) is 4.41. The number of alkyl halides is 3. The number of amides is 2. The maximum atomic E-state index is 12.8. The average molecular weight is 433 g/mol. The molecule has 0 bridgehead atoms. The Hall–Kier alpha value is -2.26. The third-order valence-corrected chi connectivity index (χ3v) is 5.85. The van der Waals surface area contributed by atoms with Crippen LogP contribution in [0.4, 0.5) is 23.7 Å². The molecule has 0 aliphatic carbocycles. The van der Waals surface area contributed by atoms with Crippen LogP contribution in [-0.4, -0.2) is 32.1 Å². The molecule has 0 fully saturated rings. The Bertz CT molecular complexity index is 1040. The van der Waals surface area contributed by atoms with Crippen molar-refractivity contribution in [2.24, 2.45) is 0 Å². The van der Waals surface area contributed by atoms with E-state index in [1.54, 1.807) is 12.1 Å². The molecule has 3 rings (SSSR count). The first-order valence-electron chi connectivity index (χ1n) is 8.19. The quantitative estimate of drug-likeness (QED) is 0.767. The van der Waals surface area contributed by atoms with Gasteiger partial charge in [0.1, 0.15) is 0 Å². The van der Waals surface area contributed by atoms with E-state index in [4.69, 9.17) is 11.6 Å². The van der Waals surface area contributed by atoms with Gasteiger partial charge in [-0.25, -0.2) is 13.2 Å². The predicted molar refractivity (Wildman–Crippen MR) is 99.1 cm³/mol. The smallest absolute Gasteiger partial charge is 0.320 e. The molecule has 1 aliphatic heterocycles. The summed E-state index contributed by atoms with van der Waals surface area (Å²) in [5.74, 6) is 0. The van der Waals surface area contributed by atoms with Crippen molar-refractivity contribution in [1.29, 1.82) is 0 Å². The van der Waals surface area contributed by atoms with Gasteiger partial charge < -0.3 is 10.2 Å². The molecule has 10 heteroatoms. The Balaban J connectivity index is 1.72.